The highest BCUT2D eigenvalue weighted by Crippen LogP contribution is 2.19. The number of nitro groups is 1. The molecule has 0 bridgehead atoms. The standard InChI is InChI=1S/C8H8INO2/c1-2-6-5-7(10(11)12)3-4-8(6)9/h3-5H,2H2,1H3. The maximum atomic E-state index is 10.4. The van der Waals surface area contributed by atoms with Gasteiger partial charge in [0.2, 0.25) is 0 Å². The van der Waals surface area contributed by atoms with Crippen molar-refractivity contribution in [1.82, 2.24) is 0 Å². The second-order valence-corrected chi connectivity index (χ2v) is 3.55. The highest BCUT2D eigenvalue weighted by molar-refractivity contribution is 14.1. The van der Waals surface area contributed by atoms with Gasteiger partial charge in [0, 0.05) is 15.7 Å². The van der Waals surface area contributed by atoms with Gasteiger partial charge in [-0.3, -0.25) is 10.1 Å². The third-order valence-corrected chi connectivity index (χ3v) is 2.67. The Balaban J connectivity index is 3.13. The Morgan fingerprint density at radius 1 is 1.58 bits per heavy atom. The van der Waals surface area contributed by atoms with Crippen molar-refractivity contribution in [2.24, 2.45) is 0 Å². The Kier molecular flexibility index (Phi) is 3.02. The molecule has 0 aliphatic heterocycles. The molecule has 0 saturated carbocycles. The number of benzene rings is 1. The van der Waals surface area contributed by atoms with Gasteiger partial charge in [-0.2, -0.15) is 0 Å². The molecule has 0 amide bonds. The number of rotatable bonds is 2. The minimum Gasteiger partial charge on any atom is -0.258 e. The summed E-state index contributed by atoms with van der Waals surface area (Å²) < 4.78 is 1.08. The van der Waals surface area contributed by atoms with Crippen LogP contribution in [0.1, 0.15) is 12.5 Å². The summed E-state index contributed by atoms with van der Waals surface area (Å²) in [6.07, 6.45) is 0.833. The third-order valence-electron chi connectivity index (χ3n) is 1.62. The molecular weight excluding hydrogens is 269 g/mol. The molecule has 0 N–H and O–H groups in total. The number of hydrogen-bond acceptors (Lipinski definition) is 2. The van der Waals surface area contributed by atoms with E-state index in [4.69, 9.17) is 0 Å². The van der Waals surface area contributed by atoms with Crippen LogP contribution in [0, 0.1) is 13.7 Å². The number of halogens is 1. The Labute approximate surface area is 84.1 Å². The molecular formula is C8H8INO2. The Hall–Kier alpha value is -0.650. The zero-order valence-electron chi connectivity index (χ0n) is 6.58. The van der Waals surface area contributed by atoms with Crippen LogP contribution in [0.3, 0.4) is 0 Å². The topological polar surface area (TPSA) is 43.1 Å². The number of non-ortho nitro benzene ring substituents is 1. The number of aryl methyl sites for hydroxylation is 1. The molecule has 0 saturated heterocycles. The average molecular weight is 277 g/mol. The van der Waals surface area contributed by atoms with Gasteiger partial charge in [-0.1, -0.05) is 6.92 Å². The summed E-state index contributed by atoms with van der Waals surface area (Å²) in [4.78, 5) is 10.0. The molecule has 0 aromatic heterocycles. The number of hydrogen-bond donors (Lipinski definition) is 0. The van der Waals surface area contributed by atoms with Crippen LogP contribution < -0.4 is 0 Å². The van der Waals surface area contributed by atoms with Crippen molar-refractivity contribution in [3.63, 3.8) is 0 Å². The van der Waals surface area contributed by atoms with E-state index in [1.165, 1.54) is 6.07 Å². The summed E-state index contributed by atoms with van der Waals surface area (Å²) >= 11 is 2.18. The molecule has 12 heavy (non-hydrogen) atoms. The minimum absolute atomic E-state index is 0.173. The normalized spacial score (nSPS) is 9.83. The first-order chi connectivity index (χ1) is 5.65. The second kappa shape index (κ2) is 3.84. The zero-order valence-corrected chi connectivity index (χ0v) is 8.74. The first-order valence-corrected chi connectivity index (χ1v) is 4.66. The summed E-state index contributed by atoms with van der Waals surface area (Å²) in [5.41, 5.74) is 1.21. The lowest BCUT2D eigenvalue weighted by Gasteiger charge is -1.99. The molecule has 0 radical (unpaired) electrons. The molecule has 64 valence electrons. The lowest BCUT2D eigenvalue weighted by molar-refractivity contribution is -0.384. The summed E-state index contributed by atoms with van der Waals surface area (Å²) in [6, 6.07) is 4.93. The van der Waals surface area contributed by atoms with Crippen LogP contribution in [0.15, 0.2) is 18.2 Å². The van der Waals surface area contributed by atoms with Crippen molar-refractivity contribution in [2.75, 3.05) is 0 Å². The Bertz CT molecular complexity index is 312. The fourth-order valence-corrected chi connectivity index (χ4v) is 1.66. The maximum Gasteiger partial charge on any atom is 0.269 e. The van der Waals surface area contributed by atoms with E-state index in [0.717, 1.165) is 15.6 Å². The highest BCUT2D eigenvalue weighted by Gasteiger charge is 2.07. The fraction of sp³-hybridized carbons (Fsp3) is 0.250. The van der Waals surface area contributed by atoms with E-state index in [9.17, 15) is 10.1 Å². The Morgan fingerprint density at radius 2 is 2.25 bits per heavy atom. The maximum absolute atomic E-state index is 10.4. The molecule has 1 rings (SSSR count). The van der Waals surface area contributed by atoms with E-state index in [-0.39, 0.29) is 10.6 Å². The third kappa shape index (κ3) is 1.94. The van der Waals surface area contributed by atoms with Crippen molar-refractivity contribution < 1.29 is 4.92 Å². The fourth-order valence-electron chi connectivity index (χ4n) is 0.946. The van der Waals surface area contributed by atoms with Gasteiger partial charge in [0.1, 0.15) is 0 Å². The van der Waals surface area contributed by atoms with Gasteiger partial charge in [-0.25, -0.2) is 0 Å². The van der Waals surface area contributed by atoms with Gasteiger partial charge in [-0.05, 0) is 40.6 Å². The molecule has 0 aliphatic carbocycles. The molecule has 0 heterocycles. The largest absolute Gasteiger partial charge is 0.269 e. The van der Waals surface area contributed by atoms with E-state index in [2.05, 4.69) is 22.6 Å². The lowest BCUT2D eigenvalue weighted by atomic mass is 10.1. The van der Waals surface area contributed by atoms with Crippen LogP contribution in [0.5, 0.6) is 0 Å². The van der Waals surface area contributed by atoms with Crippen LogP contribution in [-0.2, 0) is 6.42 Å². The van der Waals surface area contributed by atoms with Gasteiger partial charge in [0.05, 0.1) is 4.92 Å². The van der Waals surface area contributed by atoms with E-state index < -0.39 is 0 Å². The smallest absolute Gasteiger partial charge is 0.258 e. The first-order valence-electron chi connectivity index (χ1n) is 3.58. The van der Waals surface area contributed by atoms with E-state index in [1.54, 1.807) is 12.1 Å². The highest BCUT2D eigenvalue weighted by atomic mass is 127. The Morgan fingerprint density at radius 3 is 2.75 bits per heavy atom. The molecule has 0 aliphatic rings. The van der Waals surface area contributed by atoms with E-state index in [0.29, 0.717) is 0 Å². The molecule has 0 spiro atoms. The van der Waals surface area contributed by atoms with Gasteiger partial charge in [0.25, 0.3) is 5.69 Å². The van der Waals surface area contributed by atoms with Crippen molar-refractivity contribution in [2.45, 2.75) is 13.3 Å². The quantitative estimate of drug-likeness (QED) is 0.474. The lowest BCUT2D eigenvalue weighted by Crippen LogP contribution is -1.91. The van der Waals surface area contributed by atoms with Crippen LogP contribution in [0.25, 0.3) is 0 Å². The molecule has 1 aromatic rings. The second-order valence-electron chi connectivity index (χ2n) is 2.39. The van der Waals surface area contributed by atoms with Gasteiger partial charge >= 0.3 is 0 Å². The van der Waals surface area contributed by atoms with E-state index in [1.807, 2.05) is 6.92 Å². The van der Waals surface area contributed by atoms with Gasteiger partial charge < -0.3 is 0 Å². The van der Waals surface area contributed by atoms with Crippen LogP contribution in [0.4, 0.5) is 5.69 Å². The number of nitro benzene ring substituents is 1. The van der Waals surface area contributed by atoms with Gasteiger partial charge in [0.15, 0.2) is 0 Å². The predicted octanol–water partition coefficient (Wildman–Crippen LogP) is 2.76. The zero-order chi connectivity index (χ0) is 9.14. The van der Waals surface area contributed by atoms with Crippen LogP contribution in [-0.4, -0.2) is 4.92 Å². The molecule has 0 atom stereocenters. The summed E-state index contributed by atoms with van der Waals surface area (Å²) in [6.45, 7) is 1.99. The van der Waals surface area contributed by atoms with E-state index >= 15 is 0 Å². The van der Waals surface area contributed by atoms with Crippen LogP contribution in [0.2, 0.25) is 0 Å². The SMILES string of the molecule is CCc1cc([N+](=O)[O-])ccc1I. The minimum atomic E-state index is -0.366. The van der Waals surface area contributed by atoms with Crippen molar-refractivity contribution in [3.8, 4) is 0 Å². The van der Waals surface area contributed by atoms with Gasteiger partial charge in [-0.15, -0.1) is 0 Å². The van der Waals surface area contributed by atoms with Crippen molar-refractivity contribution >= 4 is 28.3 Å². The first kappa shape index (κ1) is 9.44. The number of nitrogens with zero attached hydrogens (tertiary/aromatic N) is 1. The van der Waals surface area contributed by atoms with Crippen molar-refractivity contribution in [3.05, 3.63) is 37.4 Å². The average Bonchev–Trinajstić information content (AvgIpc) is 2.05. The molecule has 4 heteroatoms. The monoisotopic (exact) mass is 277 g/mol. The summed E-state index contributed by atoms with van der Waals surface area (Å²) in [5, 5.41) is 10.4. The van der Waals surface area contributed by atoms with Crippen molar-refractivity contribution in [1.29, 1.82) is 0 Å². The summed E-state index contributed by atoms with van der Waals surface area (Å²) in [5.74, 6) is 0. The summed E-state index contributed by atoms with van der Waals surface area (Å²) in [7, 11) is 0. The molecule has 1 aromatic carbocycles. The van der Waals surface area contributed by atoms with Crippen LogP contribution >= 0.6 is 22.6 Å². The molecule has 3 nitrogen and oxygen atoms in total. The predicted molar refractivity (Wildman–Crippen MR) is 55.2 cm³/mol. The molecule has 0 unspecified atom stereocenters. The molecule has 0 fully saturated rings.